The van der Waals surface area contributed by atoms with Crippen molar-refractivity contribution in [2.75, 3.05) is 0 Å². The normalized spacial score (nSPS) is 36.4. The van der Waals surface area contributed by atoms with Crippen molar-refractivity contribution >= 4 is 0 Å². The van der Waals surface area contributed by atoms with Crippen molar-refractivity contribution in [2.45, 2.75) is 46.0 Å². The fourth-order valence-electron chi connectivity index (χ4n) is 3.31. The van der Waals surface area contributed by atoms with E-state index in [-0.39, 0.29) is 0 Å². The standard InChI is InChI=1S/C14H22/c1-3-11-10-12(4-2)14-9-7-5-6-8-13(11)14/h5-6,8,11-12,14H,3-4,7,9-10H2,1-2H3. The van der Waals surface area contributed by atoms with Gasteiger partial charge in [0.25, 0.3) is 0 Å². The molecule has 1 fully saturated rings. The van der Waals surface area contributed by atoms with E-state index in [0.29, 0.717) is 0 Å². The summed E-state index contributed by atoms with van der Waals surface area (Å²) < 4.78 is 0. The van der Waals surface area contributed by atoms with Crippen LogP contribution in [0.3, 0.4) is 0 Å². The van der Waals surface area contributed by atoms with Gasteiger partial charge < -0.3 is 0 Å². The molecule has 2 aliphatic carbocycles. The fraction of sp³-hybridized carbons (Fsp3) is 0.714. The smallest absolute Gasteiger partial charge is 0.0166 e. The van der Waals surface area contributed by atoms with Crippen LogP contribution >= 0.6 is 0 Å². The van der Waals surface area contributed by atoms with Crippen LogP contribution in [0, 0.1) is 17.8 Å². The van der Waals surface area contributed by atoms with E-state index < -0.39 is 0 Å². The van der Waals surface area contributed by atoms with Gasteiger partial charge in [-0.2, -0.15) is 0 Å². The Morgan fingerprint density at radius 3 is 2.86 bits per heavy atom. The van der Waals surface area contributed by atoms with Crippen LogP contribution in [-0.2, 0) is 0 Å². The number of hydrogen-bond acceptors (Lipinski definition) is 0. The Morgan fingerprint density at radius 1 is 1.29 bits per heavy atom. The molecule has 0 amide bonds. The predicted molar refractivity (Wildman–Crippen MR) is 62.1 cm³/mol. The summed E-state index contributed by atoms with van der Waals surface area (Å²) in [4.78, 5) is 0. The molecular formula is C14H22. The monoisotopic (exact) mass is 190 g/mol. The van der Waals surface area contributed by atoms with Crippen molar-refractivity contribution in [3.05, 3.63) is 23.8 Å². The Hall–Kier alpha value is -0.520. The zero-order chi connectivity index (χ0) is 9.97. The first-order chi connectivity index (χ1) is 6.86. The van der Waals surface area contributed by atoms with Gasteiger partial charge >= 0.3 is 0 Å². The van der Waals surface area contributed by atoms with Crippen molar-refractivity contribution in [1.29, 1.82) is 0 Å². The van der Waals surface area contributed by atoms with Crippen LogP contribution in [-0.4, -0.2) is 0 Å². The minimum Gasteiger partial charge on any atom is -0.0845 e. The first-order valence-electron chi connectivity index (χ1n) is 6.23. The summed E-state index contributed by atoms with van der Waals surface area (Å²) in [6, 6.07) is 0. The minimum atomic E-state index is 0.896. The van der Waals surface area contributed by atoms with Gasteiger partial charge in [0.2, 0.25) is 0 Å². The molecule has 2 rings (SSSR count). The highest BCUT2D eigenvalue weighted by molar-refractivity contribution is 5.25. The van der Waals surface area contributed by atoms with Crippen LogP contribution in [0.2, 0.25) is 0 Å². The largest absolute Gasteiger partial charge is 0.0845 e. The van der Waals surface area contributed by atoms with Crippen molar-refractivity contribution in [2.24, 2.45) is 17.8 Å². The zero-order valence-corrected chi connectivity index (χ0v) is 9.50. The first-order valence-corrected chi connectivity index (χ1v) is 6.23. The Morgan fingerprint density at radius 2 is 2.14 bits per heavy atom. The molecule has 3 unspecified atom stereocenters. The lowest BCUT2D eigenvalue weighted by Crippen LogP contribution is -2.07. The molecule has 0 radical (unpaired) electrons. The maximum atomic E-state index is 2.42. The third-order valence-electron chi connectivity index (χ3n) is 4.14. The molecule has 1 saturated carbocycles. The van der Waals surface area contributed by atoms with Crippen LogP contribution < -0.4 is 0 Å². The molecule has 0 saturated heterocycles. The number of allylic oxidation sites excluding steroid dienone is 4. The van der Waals surface area contributed by atoms with Crippen LogP contribution in [0.15, 0.2) is 23.8 Å². The molecule has 0 aromatic rings. The molecule has 0 N–H and O–H groups in total. The maximum Gasteiger partial charge on any atom is -0.0166 e. The summed E-state index contributed by atoms with van der Waals surface area (Å²) in [5.41, 5.74) is 1.77. The molecule has 14 heavy (non-hydrogen) atoms. The lowest BCUT2D eigenvalue weighted by Gasteiger charge is -2.17. The van der Waals surface area contributed by atoms with Crippen molar-refractivity contribution < 1.29 is 0 Å². The summed E-state index contributed by atoms with van der Waals surface area (Å²) in [6.07, 6.45) is 13.9. The second-order valence-electron chi connectivity index (χ2n) is 4.79. The second kappa shape index (κ2) is 4.33. The average Bonchev–Trinajstić information content (AvgIpc) is 2.39. The van der Waals surface area contributed by atoms with Gasteiger partial charge in [0.15, 0.2) is 0 Å². The van der Waals surface area contributed by atoms with Crippen molar-refractivity contribution in [3.8, 4) is 0 Å². The average molecular weight is 190 g/mol. The van der Waals surface area contributed by atoms with E-state index >= 15 is 0 Å². The Labute approximate surface area is 88.1 Å². The van der Waals surface area contributed by atoms with Crippen LogP contribution in [0.4, 0.5) is 0 Å². The highest BCUT2D eigenvalue weighted by atomic mass is 14.4. The molecule has 3 atom stereocenters. The van der Waals surface area contributed by atoms with E-state index in [1.165, 1.54) is 32.1 Å². The van der Waals surface area contributed by atoms with Gasteiger partial charge in [0.1, 0.15) is 0 Å². The Kier molecular flexibility index (Phi) is 3.10. The van der Waals surface area contributed by atoms with Crippen molar-refractivity contribution in [1.82, 2.24) is 0 Å². The summed E-state index contributed by atoms with van der Waals surface area (Å²) in [7, 11) is 0. The van der Waals surface area contributed by atoms with Gasteiger partial charge in [-0.3, -0.25) is 0 Å². The van der Waals surface area contributed by atoms with Crippen LogP contribution in [0.25, 0.3) is 0 Å². The molecule has 0 heteroatoms. The number of rotatable bonds is 2. The third-order valence-corrected chi connectivity index (χ3v) is 4.14. The highest BCUT2D eigenvalue weighted by Gasteiger charge is 2.35. The lowest BCUT2D eigenvalue weighted by atomic mass is 9.87. The molecule has 0 aromatic heterocycles. The van der Waals surface area contributed by atoms with Gasteiger partial charge in [-0.05, 0) is 43.4 Å². The van der Waals surface area contributed by atoms with E-state index in [0.717, 1.165) is 17.8 Å². The van der Waals surface area contributed by atoms with E-state index in [9.17, 15) is 0 Å². The number of fused-ring (bicyclic) bond motifs is 1. The SMILES string of the molecule is CCC1CC(CC)C2CCC=CC=C12. The molecule has 0 bridgehead atoms. The number of hydrogen-bond donors (Lipinski definition) is 0. The fourth-order valence-corrected chi connectivity index (χ4v) is 3.31. The van der Waals surface area contributed by atoms with Crippen LogP contribution in [0.1, 0.15) is 46.0 Å². The molecular weight excluding hydrogens is 168 g/mol. The lowest BCUT2D eigenvalue weighted by molar-refractivity contribution is 0.382. The van der Waals surface area contributed by atoms with E-state index in [1.807, 2.05) is 0 Å². The zero-order valence-electron chi connectivity index (χ0n) is 9.50. The summed E-state index contributed by atoms with van der Waals surface area (Å²) in [6.45, 7) is 4.70. The highest BCUT2D eigenvalue weighted by Crippen LogP contribution is 2.47. The Bertz CT molecular complexity index is 247. The molecule has 0 spiro atoms. The van der Waals surface area contributed by atoms with E-state index in [1.54, 1.807) is 5.57 Å². The second-order valence-corrected chi connectivity index (χ2v) is 4.79. The molecule has 0 nitrogen and oxygen atoms in total. The van der Waals surface area contributed by atoms with Gasteiger partial charge in [-0.15, -0.1) is 0 Å². The first kappa shape index (κ1) is 10.0. The van der Waals surface area contributed by atoms with E-state index in [2.05, 4.69) is 32.1 Å². The molecule has 78 valence electrons. The quantitative estimate of drug-likeness (QED) is 0.608. The van der Waals surface area contributed by atoms with Gasteiger partial charge in [-0.1, -0.05) is 44.1 Å². The summed E-state index contributed by atoms with van der Waals surface area (Å²) in [5.74, 6) is 2.79. The predicted octanol–water partition coefficient (Wildman–Crippen LogP) is 4.34. The third kappa shape index (κ3) is 1.67. The van der Waals surface area contributed by atoms with Gasteiger partial charge in [0, 0.05) is 0 Å². The summed E-state index contributed by atoms with van der Waals surface area (Å²) >= 11 is 0. The van der Waals surface area contributed by atoms with Crippen molar-refractivity contribution in [3.63, 3.8) is 0 Å². The Balaban J connectivity index is 2.21. The molecule has 0 heterocycles. The van der Waals surface area contributed by atoms with E-state index in [4.69, 9.17) is 0 Å². The summed E-state index contributed by atoms with van der Waals surface area (Å²) in [5, 5.41) is 0. The van der Waals surface area contributed by atoms with Gasteiger partial charge in [-0.25, -0.2) is 0 Å². The van der Waals surface area contributed by atoms with Gasteiger partial charge in [0.05, 0.1) is 0 Å². The molecule has 0 aromatic carbocycles. The van der Waals surface area contributed by atoms with Crippen LogP contribution in [0.5, 0.6) is 0 Å². The minimum absolute atomic E-state index is 0.896. The molecule has 2 aliphatic rings. The topological polar surface area (TPSA) is 0 Å². The molecule has 0 aliphatic heterocycles. The maximum absolute atomic E-state index is 2.42.